The second kappa shape index (κ2) is 5.12. The van der Waals surface area contributed by atoms with E-state index >= 15 is 0 Å². The van der Waals surface area contributed by atoms with Gasteiger partial charge in [0.15, 0.2) is 0 Å². The molecule has 0 fully saturated rings. The maximum absolute atomic E-state index is 11.0. The maximum atomic E-state index is 11.0. The Morgan fingerprint density at radius 2 is 2.06 bits per heavy atom. The minimum atomic E-state index is -0.497. The third kappa shape index (κ3) is 2.82. The van der Waals surface area contributed by atoms with E-state index in [0.29, 0.717) is 11.0 Å². The molecule has 0 aliphatic rings. The van der Waals surface area contributed by atoms with Crippen molar-refractivity contribution in [1.82, 2.24) is 9.97 Å². The number of nitrogens with zero attached hydrogens (tertiary/aromatic N) is 2. The summed E-state index contributed by atoms with van der Waals surface area (Å²) in [4.78, 5) is 18.9. The van der Waals surface area contributed by atoms with Gasteiger partial charge in [0, 0.05) is 5.56 Å². The molecule has 5 nitrogen and oxygen atoms in total. The van der Waals surface area contributed by atoms with Gasteiger partial charge in [0.05, 0.1) is 0 Å². The Balaban J connectivity index is 3.04. The van der Waals surface area contributed by atoms with Gasteiger partial charge in [-0.2, -0.15) is 0 Å². The van der Waals surface area contributed by atoms with Crippen LogP contribution in [0, 0.1) is 0 Å². The van der Waals surface area contributed by atoms with E-state index in [1.807, 2.05) is 13.8 Å². The summed E-state index contributed by atoms with van der Waals surface area (Å²) in [6, 6.07) is -0.497. The van der Waals surface area contributed by atoms with Gasteiger partial charge in [0.2, 0.25) is 5.91 Å². The van der Waals surface area contributed by atoms with Crippen LogP contribution in [-0.4, -0.2) is 21.9 Å². The highest BCUT2D eigenvalue weighted by Gasteiger charge is 2.16. The lowest BCUT2D eigenvalue weighted by molar-refractivity contribution is -0.118. The van der Waals surface area contributed by atoms with Crippen molar-refractivity contribution in [2.75, 3.05) is 5.32 Å². The van der Waals surface area contributed by atoms with Crippen molar-refractivity contribution >= 4 is 23.3 Å². The molecule has 0 spiro atoms. The lowest BCUT2D eigenvalue weighted by atomic mass is 10.1. The number of nitrogens with two attached hydrogens (primary N) is 1. The third-order valence-corrected chi connectivity index (χ3v) is 2.49. The molecule has 16 heavy (non-hydrogen) atoms. The Kier molecular flexibility index (Phi) is 4.06. The Bertz CT molecular complexity index is 394. The molecule has 0 aliphatic heterocycles. The molecule has 0 radical (unpaired) electrons. The number of hydrogen-bond donors (Lipinski definition) is 2. The molecule has 0 aliphatic carbocycles. The number of primary amides is 1. The summed E-state index contributed by atoms with van der Waals surface area (Å²) in [5.41, 5.74) is 5.96. The highest BCUT2D eigenvalue weighted by atomic mass is 35.5. The van der Waals surface area contributed by atoms with Crippen molar-refractivity contribution < 1.29 is 4.79 Å². The van der Waals surface area contributed by atoms with E-state index in [2.05, 4.69) is 15.3 Å². The van der Waals surface area contributed by atoms with Gasteiger partial charge in [0.1, 0.15) is 23.3 Å². The molecule has 88 valence electrons. The van der Waals surface area contributed by atoms with Gasteiger partial charge in [-0.15, -0.1) is 0 Å². The first-order valence-corrected chi connectivity index (χ1v) is 5.37. The Morgan fingerprint density at radius 3 is 2.56 bits per heavy atom. The number of carbonyl (C=O) groups excluding carboxylic acids is 1. The van der Waals surface area contributed by atoms with Crippen molar-refractivity contribution in [1.29, 1.82) is 0 Å². The fourth-order valence-electron chi connectivity index (χ4n) is 1.28. The van der Waals surface area contributed by atoms with Crippen LogP contribution >= 0.6 is 11.6 Å². The van der Waals surface area contributed by atoms with Gasteiger partial charge < -0.3 is 11.1 Å². The normalized spacial score (nSPS) is 12.6. The molecule has 1 aromatic heterocycles. The molecule has 1 unspecified atom stereocenters. The van der Waals surface area contributed by atoms with E-state index in [-0.39, 0.29) is 5.92 Å². The van der Waals surface area contributed by atoms with Crippen molar-refractivity contribution in [3.8, 4) is 0 Å². The van der Waals surface area contributed by atoms with Gasteiger partial charge in [-0.25, -0.2) is 9.97 Å². The van der Waals surface area contributed by atoms with Crippen LogP contribution in [0.1, 0.15) is 32.3 Å². The average molecular weight is 243 g/mol. The van der Waals surface area contributed by atoms with Crippen LogP contribution in [0.5, 0.6) is 0 Å². The quantitative estimate of drug-likeness (QED) is 0.785. The standard InChI is InChI=1S/C10H15ClN4O/c1-5(2)7-8(11)13-4-14-10(7)15-6(3)9(12)16/h4-6H,1-3H3,(H2,12,16)(H,13,14,15). The molecule has 6 heteroatoms. The highest BCUT2D eigenvalue weighted by Crippen LogP contribution is 2.28. The van der Waals surface area contributed by atoms with Gasteiger partial charge in [-0.05, 0) is 12.8 Å². The zero-order valence-corrected chi connectivity index (χ0v) is 10.2. The lowest BCUT2D eigenvalue weighted by Gasteiger charge is -2.16. The van der Waals surface area contributed by atoms with Crippen LogP contribution in [0.25, 0.3) is 0 Å². The topological polar surface area (TPSA) is 80.9 Å². The molecule has 1 atom stereocenters. The van der Waals surface area contributed by atoms with E-state index in [9.17, 15) is 4.79 Å². The van der Waals surface area contributed by atoms with E-state index in [0.717, 1.165) is 5.56 Å². The number of aromatic nitrogens is 2. The fraction of sp³-hybridized carbons (Fsp3) is 0.500. The third-order valence-electron chi connectivity index (χ3n) is 2.19. The van der Waals surface area contributed by atoms with Crippen molar-refractivity contribution in [2.45, 2.75) is 32.7 Å². The molecule has 3 N–H and O–H groups in total. The molecule has 0 saturated carbocycles. The largest absolute Gasteiger partial charge is 0.368 e. The first-order chi connectivity index (χ1) is 7.43. The van der Waals surface area contributed by atoms with Crippen LogP contribution < -0.4 is 11.1 Å². The second-order valence-electron chi connectivity index (χ2n) is 3.85. The molecule has 1 rings (SSSR count). The van der Waals surface area contributed by atoms with Crippen LogP contribution in [0.3, 0.4) is 0 Å². The first kappa shape index (κ1) is 12.7. The van der Waals surface area contributed by atoms with Crippen molar-refractivity contribution in [3.05, 3.63) is 17.0 Å². The summed E-state index contributed by atoms with van der Waals surface area (Å²) in [6.45, 7) is 5.62. The zero-order chi connectivity index (χ0) is 12.3. The number of carbonyl (C=O) groups is 1. The number of halogens is 1. The van der Waals surface area contributed by atoms with Crippen LogP contribution in [0.2, 0.25) is 5.15 Å². The van der Waals surface area contributed by atoms with Crippen LogP contribution in [0.4, 0.5) is 5.82 Å². The summed E-state index contributed by atoms with van der Waals surface area (Å²) in [5, 5.41) is 3.31. The maximum Gasteiger partial charge on any atom is 0.239 e. The van der Waals surface area contributed by atoms with E-state index in [4.69, 9.17) is 17.3 Å². The van der Waals surface area contributed by atoms with Crippen LogP contribution in [-0.2, 0) is 4.79 Å². The summed E-state index contributed by atoms with van der Waals surface area (Å²) in [6.07, 6.45) is 1.35. The number of rotatable bonds is 4. The molecular weight excluding hydrogens is 228 g/mol. The predicted molar refractivity (Wildman–Crippen MR) is 63.4 cm³/mol. The average Bonchev–Trinajstić information content (AvgIpc) is 2.16. The number of amides is 1. The Labute approximate surface area is 99.4 Å². The second-order valence-corrected chi connectivity index (χ2v) is 4.21. The van der Waals surface area contributed by atoms with Crippen molar-refractivity contribution in [2.24, 2.45) is 5.73 Å². The van der Waals surface area contributed by atoms with E-state index in [1.165, 1.54) is 6.33 Å². The molecule has 1 aromatic rings. The monoisotopic (exact) mass is 242 g/mol. The fourth-order valence-corrected chi connectivity index (χ4v) is 1.63. The molecule has 0 saturated heterocycles. The molecule has 0 aromatic carbocycles. The van der Waals surface area contributed by atoms with Gasteiger partial charge in [-0.1, -0.05) is 25.4 Å². The SMILES string of the molecule is CC(Nc1ncnc(Cl)c1C(C)C)C(N)=O. The molecule has 1 heterocycles. The summed E-state index contributed by atoms with van der Waals surface area (Å²) >= 11 is 5.98. The number of anilines is 1. The first-order valence-electron chi connectivity index (χ1n) is 4.99. The molecule has 1 amide bonds. The lowest BCUT2D eigenvalue weighted by Crippen LogP contribution is -2.33. The van der Waals surface area contributed by atoms with Gasteiger partial charge in [-0.3, -0.25) is 4.79 Å². The smallest absolute Gasteiger partial charge is 0.239 e. The summed E-state index contributed by atoms with van der Waals surface area (Å²) in [5.74, 6) is 0.280. The van der Waals surface area contributed by atoms with Gasteiger partial charge >= 0.3 is 0 Å². The summed E-state index contributed by atoms with van der Waals surface area (Å²) < 4.78 is 0. The van der Waals surface area contributed by atoms with E-state index in [1.54, 1.807) is 6.92 Å². The minimum Gasteiger partial charge on any atom is -0.368 e. The zero-order valence-electron chi connectivity index (χ0n) is 9.49. The molecule has 0 bridgehead atoms. The Morgan fingerprint density at radius 1 is 1.44 bits per heavy atom. The minimum absolute atomic E-state index is 0.163. The highest BCUT2D eigenvalue weighted by molar-refractivity contribution is 6.30. The van der Waals surface area contributed by atoms with Crippen LogP contribution in [0.15, 0.2) is 6.33 Å². The summed E-state index contributed by atoms with van der Waals surface area (Å²) in [7, 11) is 0. The van der Waals surface area contributed by atoms with E-state index < -0.39 is 11.9 Å². The number of hydrogen-bond acceptors (Lipinski definition) is 4. The predicted octanol–water partition coefficient (Wildman–Crippen LogP) is 1.54. The van der Waals surface area contributed by atoms with Gasteiger partial charge in [0.25, 0.3) is 0 Å². The number of nitrogens with one attached hydrogen (secondary N) is 1. The van der Waals surface area contributed by atoms with Crippen molar-refractivity contribution in [3.63, 3.8) is 0 Å². The molecular formula is C10H15ClN4O. The Hall–Kier alpha value is -1.36.